The molecule has 1 unspecified atom stereocenters. The maximum Gasteiger partial charge on any atom is 0.124 e. The Labute approximate surface area is 122 Å². The van der Waals surface area contributed by atoms with Crippen molar-refractivity contribution in [1.82, 2.24) is 0 Å². The summed E-state index contributed by atoms with van der Waals surface area (Å²) in [7, 11) is 2.07. The predicted octanol–water partition coefficient (Wildman–Crippen LogP) is 3.31. The molecule has 0 heterocycles. The van der Waals surface area contributed by atoms with Gasteiger partial charge in [0.1, 0.15) is 5.84 Å². The summed E-state index contributed by atoms with van der Waals surface area (Å²) < 4.78 is 0.947. The van der Waals surface area contributed by atoms with Crippen LogP contribution in [0, 0.1) is 5.41 Å². The summed E-state index contributed by atoms with van der Waals surface area (Å²) in [6, 6.07) is 6.37. The van der Waals surface area contributed by atoms with Crippen LogP contribution in [0.15, 0.2) is 22.7 Å². The van der Waals surface area contributed by atoms with Crippen LogP contribution in [0.5, 0.6) is 0 Å². The SMILES string of the molecule is CCC(CSC)N(C)c1ccc(Br)cc1C(=N)N. The number of thioether (sulfide) groups is 1. The minimum Gasteiger partial charge on any atom is -0.384 e. The Morgan fingerprint density at radius 3 is 2.72 bits per heavy atom. The maximum absolute atomic E-state index is 7.69. The smallest absolute Gasteiger partial charge is 0.124 e. The van der Waals surface area contributed by atoms with Crippen LogP contribution in [-0.4, -0.2) is 30.9 Å². The number of amidine groups is 1. The van der Waals surface area contributed by atoms with Gasteiger partial charge in [-0.25, -0.2) is 0 Å². The Hall–Kier alpha value is -0.680. The van der Waals surface area contributed by atoms with Gasteiger partial charge in [0.2, 0.25) is 0 Å². The lowest BCUT2D eigenvalue weighted by atomic mass is 10.1. The predicted molar refractivity (Wildman–Crippen MR) is 86.0 cm³/mol. The number of nitrogens with zero attached hydrogens (tertiary/aromatic N) is 1. The molecular formula is C13H20BrN3S. The molecule has 0 aliphatic heterocycles. The van der Waals surface area contributed by atoms with E-state index in [0.717, 1.165) is 27.9 Å². The first-order chi connectivity index (χ1) is 8.51. The van der Waals surface area contributed by atoms with E-state index in [9.17, 15) is 0 Å². The number of anilines is 1. The lowest BCUT2D eigenvalue weighted by molar-refractivity contribution is 0.673. The van der Waals surface area contributed by atoms with E-state index < -0.39 is 0 Å². The Morgan fingerprint density at radius 1 is 1.56 bits per heavy atom. The summed E-state index contributed by atoms with van der Waals surface area (Å²) >= 11 is 5.26. The van der Waals surface area contributed by atoms with E-state index in [1.165, 1.54) is 0 Å². The van der Waals surface area contributed by atoms with E-state index in [4.69, 9.17) is 11.1 Å². The van der Waals surface area contributed by atoms with Gasteiger partial charge in [-0.15, -0.1) is 0 Å². The fourth-order valence-corrected chi connectivity index (χ4v) is 3.13. The van der Waals surface area contributed by atoms with Gasteiger partial charge in [-0.05, 0) is 30.9 Å². The lowest BCUT2D eigenvalue weighted by Crippen LogP contribution is -2.34. The molecule has 0 spiro atoms. The standard InChI is InChI=1S/C13H20BrN3S/c1-4-10(8-18-3)17(2)12-6-5-9(14)7-11(12)13(15)16/h5-7,10H,4,8H2,1-3H3,(H3,15,16). The molecular weight excluding hydrogens is 310 g/mol. The zero-order valence-corrected chi connectivity index (χ0v) is 13.4. The quantitative estimate of drug-likeness (QED) is 0.621. The average Bonchev–Trinajstić information content (AvgIpc) is 2.35. The minimum atomic E-state index is 0.108. The van der Waals surface area contributed by atoms with Gasteiger partial charge in [0.25, 0.3) is 0 Å². The van der Waals surface area contributed by atoms with Gasteiger partial charge in [0.15, 0.2) is 0 Å². The van der Waals surface area contributed by atoms with Gasteiger partial charge >= 0.3 is 0 Å². The second kappa shape index (κ2) is 7.04. The highest BCUT2D eigenvalue weighted by molar-refractivity contribution is 9.10. The van der Waals surface area contributed by atoms with E-state index in [-0.39, 0.29) is 5.84 Å². The molecule has 1 rings (SSSR count). The summed E-state index contributed by atoms with van der Waals surface area (Å²) in [5.74, 6) is 1.18. The third-order valence-corrected chi connectivity index (χ3v) is 4.22. The Morgan fingerprint density at radius 2 is 2.22 bits per heavy atom. The summed E-state index contributed by atoms with van der Waals surface area (Å²) in [4.78, 5) is 2.22. The van der Waals surface area contributed by atoms with Crippen molar-refractivity contribution in [2.75, 3.05) is 24.0 Å². The molecule has 0 aliphatic carbocycles. The van der Waals surface area contributed by atoms with Crippen molar-refractivity contribution in [3.8, 4) is 0 Å². The lowest BCUT2D eigenvalue weighted by Gasteiger charge is -2.30. The highest BCUT2D eigenvalue weighted by Gasteiger charge is 2.17. The molecule has 1 aromatic carbocycles. The molecule has 100 valence electrons. The van der Waals surface area contributed by atoms with Crippen molar-refractivity contribution in [2.45, 2.75) is 19.4 Å². The van der Waals surface area contributed by atoms with Crippen LogP contribution in [0.3, 0.4) is 0 Å². The van der Waals surface area contributed by atoms with Crippen LogP contribution in [0.2, 0.25) is 0 Å². The third kappa shape index (κ3) is 3.65. The molecule has 0 bridgehead atoms. The van der Waals surface area contributed by atoms with Crippen molar-refractivity contribution in [3.63, 3.8) is 0 Å². The average molecular weight is 330 g/mol. The van der Waals surface area contributed by atoms with E-state index in [1.54, 1.807) is 0 Å². The number of nitrogens with one attached hydrogen (secondary N) is 1. The number of benzene rings is 1. The highest BCUT2D eigenvalue weighted by atomic mass is 79.9. The van der Waals surface area contributed by atoms with Crippen LogP contribution < -0.4 is 10.6 Å². The van der Waals surface area contributed by atoms with E-state index in [0.29, 0.717) is 6.04 Å². The molecule has 0 saturated carbocycles. The monoisotopic (exact) mass is 329 g/mol. The molecule has 18 heavy (non-hydrogen) atoms. The van der Waals surface area contributed by atoms with Crippen molar-refractivity contribution in [3.05, 3.63) is 28.2 Å². The summed E-state index contributed by atoms with van der Waals surface area (Å²) in [6.45, 7) is 2.18. The van der Waals surface area contributed by atoms with Gasteiger partial charge in [-0.1, -0.05) is 22.9 Å². The number of hydrogen-bond acceptors (Lipinski definition) is 3. The van der Waals surface area contributed by atoms with E-state index in [1.807, 2.05) is 30.0 Å². The molecule has 0 aromatic heterocycles. The van der Waals surface area contributed by atoms with Crippen LogP contribution >= 0.6 is 27.7 Å². The summed E-state index contributed by atoms with van der Waals surface area (Å²) in [5, 5.41) is 7.69. The largest absolute Gasteiger partial charge is 0.384 e. The zero-order chi connectivity index (χ0) is 13.7. The Kier molecular flexibility index (Phi) is 6.02. The topological polar surface area (TPSA) is 53.1 Å². The first kappa shape index (κ1) is 15.4. The number of halogens is 1. The van der Waals surface area contributed by atoms with Crippen molar-refractivity contribution >= 4 is 39.2 Å². The number of nitrogens with two attached hydrogens (primary N) is 1. The van der Waals surface area contributed by atoms with Gasteiger partial charge < -0.3 is 10.6 Å². The van der Waals surface area contributed by atoms with Gasteiger partial charge in [-0.3, -0.25) is 5.41 Å². The molecule has 1 atom stereocenters. The van der Waals surface area contributed by atoms with E-state index in [2.05, 4.69) is 41.1 Å². The van der Waals surface area contributed by atoms with Crippen molar-refractivity contribution in [1.29, 1.82) is 5.41 Å². The summed E-state index contributed by atoms with van der Waals surface area (Å²) in [6.07, 6.45) is 3.19. The Bertz CT molecular complexity index is 423. The minimum absolute atomic E-state index is 0.108. The molecule has 0 saturated heterocycles. The first-order valence-electron chi connectivity index (χ1n) is 5.87. The second-order valence-electron chi connectivity index (χ2n) is 4.20. The fraction of sp³-hybridized carbons (Fsp3) is 0.462. The third-order valence-electron chi connectivity index (χ3n) is 3.01. The van der Waals surface area contributed by atoms with Gasteiger partial charge in [0, 0.05) is 34.6 Å². The highest BCUT2D eigenvalue weighted by Crippen LogP contribution is 2.26. The van der Waals surface area contributed by atoms with Crippen molar-refractivity contribution < 1.29 is 0 Å². The molecule has 0 fully saturated rings. The van der Waals surface area contributed by atoms with E-state index >= 15 is 0 Å². The van der Waals surface area contributed by atoms with Crippen LogP contribution in [-0.2, 0) is 0 Å². The number of nitrogen functional groups attached to an aromatic ring is 1. The zero-order valence-electron chi connectivity index (χ0n) is 11.0. The fourth-order valence-electron chi connectivity index (χ4n) is 1.92. The molecule has 5 heteroatoms. The van der Waals surface area contributed by atoms with Crippen LogP contribution in [0.25, 0.3) is 0 Å². The number of hydrogen-bond donors (Lipinski definition) is 2. The molecule has 0 amide bonds. The normalized spacial score (nSPS) is 12.2. The Balaban J connectivity index is 3.11. The molecule has 1 aromatic rings. The molecule has 3 nitrogen and oxygen atoms in total. The van der Waals surface area contributed by atoms with Crippen LogP contribution in [0.1, 0.15) is 18.9 Å². The number of rotatable bonds is 6. The summed E-state index contributed by atoms with van der Waals surface area (Å²) in [5.41, 5.74) is 7.47. The van der Waals surface area contributed by atoms with Crippen LogP contribution in [0.4, 0.5) is 5.69 Å². The molecule has 0 radical (unpaired) electrons. The first-order valence-corrected chi connectivity index (χ1v) is 8.05. The molecule has 0 aliphatic rings. The molecule has 3 N–H and O–H groups in total. The van der Waals surface area contributed by atoms with Crippen molar-refractivity contribution in [2.24, 2.45) is 5.73 Å². The van der Waals surface area contributed by atoms with Gasteiger partial charge in [0.05, 0.1) is 0 Å². The maximum atomic E-state index is 7.69. The second-order valence-corrected chi connectivity index (χ2v) is 6.03. The van der Waals surface area contributed by atoms with Gasteiger partial charge in [-0.2, -0.15) is 11.8 Å².